The van der Waals surface area contributed by atoms with Crippen molar-refractivity contribution in [3.8, 4) is 5.75 Å². The minimum atomic E-state index is -0.0592. The quantitative estimate of drug-likeness (QED) is 0.422. The van der Waals surface area contributed by atoms with Crippen molar-refractivity contribution in [2.24, 2.45) is 12.9 Å². The van der Waals surface area contributed by atoms with Crippen LogP contribution < -0.4 is 25.8 Å². The number of hydrazine groups is 1. The monoisotopic (exact) mass is 446 g/mol. The number of benzene rings is 1. The second kappa shape index (κ2) is 8.40. The van der Waals surface area contributed by atoms with E-state index in [1.165, 1.54) is 0 Å². The molecule has 1 saturated carbocycles. The number of nitrogens with zero attached hydrogens (tertiary/aromatic N) is 6. The van der Waals surface area contributed by atoms with Crippen LogP contribution >= 0.6 is 0 Å². The fraction of sp³-hybridized carbons (Fsp3) is 0.375. The zero-order chi connectivity index (χ0) is 23.0. The number of aromatic nitrogens is 4. The van der Waals surface area contributed by atoms with Gasteiger partial charge in [0.2, 0.25) is 0 Å². The molecule has 3 heterocycles. The molecular weight excluding hydrogens is 416 g/mol. The van der Waals surface area contributed by atoms with E-state index in [1.54, 1.807) is 6.33 Å². The maximum atomic E-state index is 6.14. The predicted octanol–water partition coefficient (Wildman–Crippen LogP) is 2.82. The van der Waals surface area contributed by atoms with E-state index in [0.29, 0.717) is 0 Å². The van der Waals surface area contributed by atoms with Crippen LogP contribution in [0.3, 0.4) is 0 Å². The maximum absolute atomic E-state index is 6.14. The molecular formula is C24H30N8O. The summed E-state index contributed by atoms with van der Waals surface area (Å²) in [7, 11) is 1.94. The third-order valence-corrected chi connectivity index (χ3v) is 6.41. The van der Waals surface area contributed by atoms with Gasteiger partial charge in [0.15, 0.2) is 0 Å². The summed E-state index contributed by atoms with van der Waals surface area (Å²) in [5, 5.41) is 4.28. The Morgan fingerprint density at radius 2 is 1.88 bits per heavy atom. The number of aryl methyl sites for hydroxylation is 1. The highest BCUT2D eigenvalue weighted by Gasteiger charge is 2.40. The summed E-state index contributed by atoms with van der Waals surface area (Å²) < 4.78 is 7.98. The highest BCUT2D eigenvalue weighted by Crippen LogP contribution is 2.41. The fourth-order valence-corrected chi connectivity index (χ4v) is 4.11. The van der Waals surface area contributed by atoms with Crippen LogP contribution in [0.2, 0.25) is 0 Å². The van der Waals surface area contributed by atoms with E-state index in [4.69, 9.17) is 10.6 Å². The van der Waals surface area contributed by atoms with E-state index in [1.807, 2.05) is 48.4 Å². The molecule has 0 radical (unpaired) electrons. The topological polar surface area (TPSA) is 97.4 Å². The van der Waals surface area contributed by atoms with Gasteiger partial charge in [-0.15, -0.1) is 0 Å². The van der Waals surface area contributed by atoms with Gasteiger partial charge in [-0.05, 0) is 38.0 Å². The molecule has 0 spiro atoms. The molecule has 9 heteroatoms. The van der Waals surface area contributed by atoms with Crippen LogP contribution in [-0.4, -0.2) is 51.5 Å². The van der Waals surface area contributed by atoms with E-state index < -0.39 is 0 Å². The van der Waals surface area contributed by atoms with Gasteiger partial charge < -0.3 is 20.0 Å². The molecule has 1 saturated heterocycles. The average molecular weight is 447 g/mol. The van der Waals surface area contributed by atoms with Crippen LogP contribution in [0.5, 0.6) is 5.75 Å². The van der Waals surface area contributed by atoms with Crippen molar-refractivity contribution < 1.29 is 4.74 Å². The zero-order valence-corrected chi connectivity index (χ0v) is 19.2. The van der Waals surface area contributed by atoms with Gasteiger partial charge >= 0.3 is 0 Å². The predicted molar refractivity (Wildman–Crippen MR) is 130 cm³/mol. The lowest BCUT2D eigenvalue weighted by Gasteiger charge is -2.36. The van der Waals surface area contributed by atoms with E-state index in [-0.39, 0.29) is 5.60 Å². The summed E-state index contributed by atoms with van der Waals surface area (Å²) in [5.74, 6) is 7.49. The lowest BCUT2D eigenvalue weighted by Crippen LogP contribution is -2.46. The standard InChI is InChI=1S/C24H30N8O/c1-17(20-12-19(4-5-21(20)29-25)33-24(2)6-7-24)22-13-23(27-16-26-22)32-10-8-31(9-11-32)18-14-28-30(3)15-18/h4-5,12-16,29H,1,6-11,25H2,2-3H3. The fourth-order valence-electron chi connectivity index (χ4n) is 4.11. The number of nitrogens with two attached hydrogens (primary N) is 1. The molecule has 1 aromatic carbocycles. The molecule has 1 aliphatic heterocycles. The van der Waals surface area contributed by atoms with Gasteiger partial charge in [-0.25, -0.2) is 9.97 Å². The van der Waals surface area contributed by atoms with Gasteiger partial charge in [-0.3, -0.25) is 10.5 Å². The first-order valence-corrected chi connectivity index (χ1v) is 11.2. The van der Waals surface area contributed by atoms with Crippen LogP contribution in [-0.2, 0) is 7.05 Å². The molecule has 1 aliphatic carbocycles. The smallest absolute Gasteiger partial charge is 0.132 e. The normalized spacial score (nSPS) is 17.1. The van der Waals surface area contributed by atoms with Gasteiger partial charge in [-0.1, -0.05) is 6.58 Å². The number of piperazine rings is 1. The number of nitrogens with one attached hydrogen (secondary N) is 1. The summed E-state index contributed by atoms with van der Waals surface area (Å²) in [5.41, 5.74) is 7.04. The molecule has 2 fully saturated rings. The lowest BCUT2D eigenvalue weighted by atomic mass is 10.0. The highest BCUT2D eigenvalue weighted by molar-refractivity contribution is 5.84. The molecule has 0 unspecified atom stereocenters. The second-order valence-corrected chi connectivity index (χ2v) is 8.99. The number of hydrogen-bond acceptors (Lipinski definition) is 8. The summed E-state index contributed by atoms with van der Waals surface area (Å²) >= 11 is 0. The van der Waals surface area contributed by atoms with Gasteiger partial charge in [0.1, 0.15) is 23.5 Å². The maximum Gasteiger partial charge on any atom is 0.132 e. The van der Waals surface area contributed by atoms with Crippen molar-refractivity contribution in [3.05, 3.63) is 60.8 Å². The molecule has 0 atom stereocenters. The summed E-state index contributed by atoms with van der Waals surface area (Å²) in [4.78, 5) is 13.7. The molecule has 172 valence electrons. The van der Waals surface area contributed by atoms with E-state index in [9.17, 15) is 0 Å². The number of ether oxygens (including phenoxy) is 1. The number of anilines is 3. The Balaban J connectivity index is 1.33. The molecule has 5 rings (SSSR count). The van der Waals surface area contributed by atoms with Crippen molar-refractivity contribution >= 4 is 22.8 Å². The average Bonchev–Trinajstić information content (AvgIpc) is 3.40. The first-order chi connectivity index (χ1) is 15.9. The van der Waals surface area contributed by atoms with Crippen LogP contribution in [0.4, 0.5) is 17.2 Å². The molecule has 0 bridgehead atoms. The van der Waals surface area contributed by atoms with Crippen LogP contribution in [0.1, 0.15) is 31.0 Å². The van der Waals surface area contributed by atoms with Crippen molar-refractivity contribution in [3.63, 3.8) is 0 Å². The first-order valence-electron chi connectivity index (χ1n) is 11.2. The Kier molecular flexibility index (Phi) is 5.41. The minimum absolute atomic E-state index is 0.0592. The molecule has 9 nitrogen and oxygen atoms in total. The summed E-state index contributed by atoms with van der Waals surface area (Å²) in [6.07, 6.45) is 7.71. The van der Waals surface area contributed by atoms with E-state index in [0.717, 1.165) is 78.8 Å². The van der Waals surface area contributed by atoms with Gasteiger partial charge in [-0.2, -0.15) is 5.10 Å². The third kappa shape index (κ3) is 4.49. The molecule has 3 aromatic rings. The zero-order valence-electron chi connectivity index (χ0n) is 19.2. The molecule has 2 aromatic heterocycles. The van der Waals surface area contributed by atoms with E-state index in [2.05, 4.69) is 43.8 Å². The molecule has 33 heavy (non-hydrogen) atoms. The highest BCUT2D eigenvalue weighted by atomic mass is 16.5. The molecule has 3 N–H and O–H groups in total. The minimum Gasteiger partial charge on any atom is -0.488 e. The Morgan fingerprint density at radius 3 is 2.55 bits per heavy atom. The Hall–Kier alpha value is -3.59. The van der Waals surface area contributed by atoms with Gasteiger partial charge in [0.25, 0.3) is 0 Å². The third-order valence-electron chi connectivity index (χ3n) is 6.41. The molecule has 2 aliphatic rings. The molecule has 0 amide bonds. The Bertz CT molecular complexity index is 1160. The summed E-state index contributed by atoms with van der Waals surface area (Å²) in [6.45, 7) is 10.0. The van der Waals surface area contributed by atoms with Gasteiger partial charge in [0, 0.05) is 56.6 Å². The number of nitrogen functional groups attached to an aromatic ring is 1. The summed E-state index contributed by atoms with van der Waals surface area (Å²) in [6, 6.07) is 7.83. The van der Waals surface area contributed by atoms with Crippen LogP contribution in [0, 0.1) is 0 Å². The Labute approximate surface area is 193 Å². The van der Waals surface area contributed by atoms with Crippen molar-refractivity contribution in [1.82, 2.24) is 19.7 Å². The van der Waals surface area contributed by atoms with Crippen molar-refractivity contribution in [2.45, 2.75) is 25.4 Å². The number of hydrogen-bond donors (Lipinski definition) is 2. The second-order valence-electron chi connectivity index (χ2n) is 8.99. The van der Waals surface area contributed by atoms with E-state index >= 15 is 0 Å². The van der Waals surface area contributed by atoms with Gasteiger partial charge in [0.05, 0.1) is 23.3 Å². The first kappa shape index (κ1) is 21.3. The van der Waals surface area contributed by atoms with Crippen molar-refractivity contribution in [2.75, 3.05) is 41.4 Å². The van der Waals surface area contributed by atoms with Crippen LogP contribution in [0.25, 0.3) is 5.57 Å². The largest absolute Gasteiger partial charge is 0.488 e. The van der Waals surface area contributed by atoms with Crippen molar-refractivity contribution in [1.29, 1.82) is 0 Å². The van der Waals surface area contributed by atoms with Crippen LogP contribution in [0.15, 0.2) is 49.6 Å². The number of rotatable bonds is 7. The lowest BCUT2D eigenvalue weighted by molar-refractivity contribution is 0.200. The SMILES string of the molecule is C=C(c1cc(N2CCN(c3cnn(C)c3)CC2)ncn1)c1cc(OC2(C)CC2)ccc1NN. The Morgan fingerprint density at radius 1 is 1.12 bits per heavy atom.